The first kappa shape index (κ1) is 32.0. The van der Waals surface area contributed by atoms with E-state index in [2.05, 4.69) is 27.7 Å². The number of aliphatic carboxylic acids is 2. The molecule has 0 saturated heterocycles. The van der Waals surface area contributed by atoms with E-state index in [4.69, 9.17) is 3.67 Å². The minimum atomic E-state index is -0.880. The molecule has 0 saturated carbocycles. The van der Waals surface area contributed by atoms with Crippen molar-refractivity contribution < 1.29 is 40.8 Å². The third-order valence-electron chi connectivity index (χ3n) is 5.31. The van der Waals surface area contributed by atoms with Gasteiger partial charge in [-0.25, -0.2) is 0 Å². The Balaban J connectivity index is -0.000000410. The number of carbonyl (C=O) groups is 2. The predicted molar refractivity (Wildman–Crippen MR) is 105 cm³/mol. The quantitative estimate of drug-likeness (QED) is 0.407. The second kappa shape index (κ2) is 19.6. The van der Waals surface area contributed by atoms with Gasteiger partial charge in [0.1, 0.15) is 0 Å². The van der Waals surface area contributed by atoms with Gasteiger partial charge < -0.3 is 19.8 Å². The van der Waals surface area contributed by atoms with Gasteiger partial charge in [-0.1, -0.05) is 92.9 Å². The third kappa shape index (κ3) is 15.3. The van der Waals surface area contributed by atoms with E-state index in [1.54, 1.807) is 0 Å². The number of carboxylic acids is 2. The van der Waals surface area contributed by atoms with Crippen LogP contribution in [0.3, 0.4) is 0 Å². The second-order valence-corrected chi connectivity index (χ2v) is 8.11. The summed E-state index contributed by atoms with van der Waals surface area (Å²) < 4.78 is 8.19. The Labute approximate surface area is 182 Å². The van der Waals surface area contributed by atoms with Gasteiger partial charge in [-0.15, -0.1) is 0 Å². The van der Waals surface area contributed by atoms with E-state index in [0.29, 0.717) is 0 Å². The van der Waals surface area contributed by atoms with Crippen LogP contribution in [0.15, 0.2) is 0 Å². The first-order valence-corrected chi connectivity index (χ1v) is 11.3. The summed E-state index contributed by atoms with van der Waals surface area (Å²) in [7, 11) is 0. The average molecular weight is 438 g/mol. The minimum absolute atomic E-state index is 0.591. The van der Waals surface area contributed by atoms with Gasteiger partial charge in [0, 0.05) is 22.8 Å². The number of hydrogen-bond acceptors (Lipinski definition) is 5. The van der Waals surface area contributed by atoms with Crippen LogP contribution in [0, 0.1) is 10.8 Å². The Hall–Kier alpha value is -0.676. The summed E-state index contributed by atoms with van der Waals surface area (Å²) in [5.41, 5.74) is -1.18. The van der Waals surface area contributed by atoms with E-state index >= 15 is 0 Å². The SMILES string of the molecule is CCCCC(C)(CCCC)C(=O)[O-].CCCCC(C)(CCCC)C(=O)[O-].[O]=[V+2]. The predicted octanol–water partition coefficient (Wildman–Crippen LogP) is 4.12. The van der Waals surface area contributed by atoms with Crippen LogP contribution in [0.25, 0.3) is 0 Å². The number of rotatable bonds is 14. The number of hydrogen-bond donors (Lipinski definition) is 0. The zero-order valence-electron chi connectivity index (χ0n) is 19.0. The summed E-state index contributed by atoms with van der Waals surface area (Å²) >= 11 is 1.06. The first-order valence-electron chi connectivity index (χ1n) is 10.7. The van der Waals surface area contributed by atoms with Crippen molar-refractivity contribution in [3.63, 3.8) is 0 Å². The van der Waals surface area contributed by atoms with Crippen LogP contribution in [0.5, 0.6) is 0 Å². The van der Waals surface area contributed by atoms with Crippen molar-refractivity contribution in [2.75, 3.05) is 0 Å². The third-order valence-corrected chi connectivity index (χ3v) is 5.31. The molecule has 0 fully saturated rings. The Kier molecular flexibility index (Phi) is 22.4. The van der Waals surface area contributed by atoms with Crippen molar-refractivity contribution in [2.24, 2.45) is 10.8 Å². The van der Waals surface area contributed by atoms with Crippen molar-refractivity contribution in [2.45, 2.75) is 119 Å². The van der Waals surface area contributed by atoms with Crippen molar-refractivity contribution >= 4 is 11.9 Å². The van der Waals surface area contributed by atoms with E-state index in [-0.39, 0.29) is 0 Å². The van der Waals surface area contributed by atoms with Crippen LogP contribution in [0.1, 0.15) is 119 Å². The van der Waals surface area contributed by atoms with Crippen molar-refractivity contribution in [1.29, 1.82) is 0 Å². The van der Waals surface area contributed by atoms with Gasteiger partial charge in [-0.05, 0) is 25.7 Å². The Morgan fingerprint density at radius 1 is 0.607 bits per heavy atom. The zero-order valence-corrected chi connectivity index (χ0v) is 20.4. The molecule has 0 radical (unpaired) electrons. The number of carboxylic acid groups (broad SMARTS) is 2. The van der Waals surface area contributed by atoms with Crippen LogP contribution in [0.4, 0.5) is 0 Å². The van der Waals surface area contributed by atoms with E-state index in [1.165, 1.54) is 0 Å². The Bertz CT molecular complexity index is 346. The standard InChI is InChI=1S/2C11H22O2.O.V/c2*1-4-6-8-11(3,10(12)13)9-7-5-2;;/h2*4-9H2,1-3H3,(H,12,13);;/q;;;+2/p-2. The van der Waals surface area contributed by atoms with Crippen LogP contribution >= 0.6 is 0 Å². The molecule has 0 aromatic carbocycles. The van der Waals surface area contributed by atoms with Crippen LogP contribution in [-0.4, -0.2) is 11.9 Å². The fraction of sp³-hybridized carbons (Fsp3) is 0.909. The molecule has 0 aromatic rings. The van der Waals surface area contributed by atoms with Crippen LogP contribution in [-0.2, 0) is 30.6 Å². The van der Waals surface area contributed by atoms with E-state index < -0.39 is 22.8 Å². The van der Waals surface area contributed by atoms with Crippen LogP contribution in [0.2, 0.25) is 0 Å². The molecule has 0 atom stereocenters. The van der Waals surface area contributed by atoms with Gasteiger partial charge >= 0.3 is 21.0 Å². The number of carbonyl (C=O) groups excluding carboxylic acids is 2. The molecule has 165 valence electrons. The van der Waals surface area contributed by atoms with Gasteiger partial charge in [-0.3, -0.25) is 0 Å². The molecule has 0 bridgehead atoms. The molecule has 0 aliphatic heterocycles. The summed E-state index contributed by atoms with van der Waals surface area (Å²) in [6.07, 6.45) is 11.1. The fourth-order valence-corrected chi connectivity index (χ4v) is 2.93. The molecule has 0 aliphatic rings. The molecule has 0 heterocycles. The fourth-order valence-electron chi connectivity index (χ4n) is 2.93. The summed E-state index contributed by atoms with van der Waals surface area (Å²) in [6.45, 7) is 11.9. The Morgan fingerprint density at radius 3 is 0.893 bits per heavy atom. The monoisotopic (exact) mass is 437 g/mol. The van der Waals surface area contributed by atoms with Gasteiger partial charge in [0.25, 0.3) is 0 Å². The molecule has 5 nitrogen and oxygen atoms in total. The van der Waals surface area contributed by atoms with E-state index in [1.807, 2.05) is 13.8 Å². The molecule has 0 amide bonds. The molecule has 0 spiro atoms. The molecule has 28 heavy (non-hydrogen) atoms. The van der Waals surface area contributed by atoms with Crippen molar-refractivity contribution in [1.82, 2.24) is 0 Å². The topological polar surface area (TPSA) is 97.3 Å². The molecule has 0 rings (SSSR count). The van der Waals surface area contributed by atoms with Gasteiger partial charge in [0.05, 0.1) is 0 Å². The molecule has 6 heteroatoms. The summed E-state index contributed by atoms with van der Waals surface area (Å²) in [5.74, 6) is -1.76. The van der Waals surface area contributed by atoms with Crippen molar-refractivity contribution in [3.05, 3.63) is 0 Å². The molecule has 0 aromatic heterocycles. The van der Waals surface area contributed by atoms with Gasteiger partial charge in [0.15, 0.2) is 0 Å². The maximum absolute atomic E-state index is 10.9. The first-order chi connectivity index (χ1) is 13.1. The molecule has 0 unspecified atom stereocenters. The molecular formula is C22H42O5V. The zero-order chi connectivity index (χ0) is 22.6. The molecule has 0 N–H and O–H groups in total. The number of unbranched alkanes of at least 4 members (excludes halogenated alkanes) is 4. The van der Waals surface area contributed by atoms with Crippen LogP contribution < -0.4 is 10.2 Å². The molecule has 0 aliphatic carbocycles. The molecular weight excluding hydrogens is 395 g/mol. The Morgan fingerprint density at radius 2 is 0.786 bits per heavy atom. The van der Waals surface area contributed by atoms with Crippen molar-refractivity contribution in [3.8, 4) is 0 Å². The summed E-state index contributed by atoms with van der Waals surface area (Å²) in [6, 6.07) is 0. The van der Waals surface area contributed by atoms with Gasteiger partial charge in [0.2, 0.25) is 0 Å². The van der Waals surface area contributed by atoms with E-state index in [0.717, 1.165) is 94.4 Å². The maximum atomic E-state index is 10.9. The van der Waals surface area contributed by atoms with Gasteiger partial charge in [-0.2, -0.15) is 0 Å². The van der Waals surface area contributed by atoms with E-state index in [9.17, 15) is 19.8 Å². The average Bonchev–Trinajstić information content (AvgIpc) is 2.69. The summed E-state index contributed by atoms with van der Waals surface area (Å²) in [5, 5.41) is 21.8. The normalized spacial score (nSPS) is 11.0. The second-order valence-electron chi connectivity index (χ2n) is 8.11. The summed E-state index contributed by atoms with van der Waals surface area (Å²) in [4.78, 5) is 21.8.